The average Bonchev–Trinajstić information content (AvgIpc) is 3.39. The van der Waals surface area contributed by atoms with Gasteiger partial charge in [-0.3, -0.25) is 9.89 Å². The first-order valence-corrected chi connectivity index (χ1v) is 12.0. The Morgan fingerprint density at radius 1 is 1.24 bits per heavy atom. The van der Waals surface area contributed by atoms with E-state index in [1.165, 1.54) is 16.8 Å². The number of aromatic amines is 1. The highest BCUT2D eigenvalue weighted by atomic mass is 19.1. The summed E-state index contributed by atoms with van der Waals surface area (Å²) in [6.45, 7) is 2.36. The summed E-state index contributed by atoms with van der Waals surface area (Å²) in [6.07, 6.45) is 8.68. The van der Waals surface area contributed by atoms with Gasteiger partial charge in [0.1, 0.15) is 5.82 Å². The van der Waals surface area contributed by atoms with E-state index >= 15 is 0 Å². The number of hydrogen-bond donors (Lipinski definition) is 2. The van der Waals surface area contributed by atoms with Crippen LogP contribution in [0.25, 0.3) is 0 Å². The third kappa shape index (κ3) is 3.20. The molecule has 2 aromatic heterocycles. The molecule has 0 spiro atoms. The Hall–Kier alpha value is -3.09. The first-order chi connectivity index (χ1) is 16.1. The number of amides is 1. The van der Waals surface area contributed by atoms with Crippen LogP contribution < -0.4 is 5.32 Å². The van der Waals surface area contributed by atoms with E-state index in [1.807, 2.05) is 12.3 Å². The Morgan fingerprint density at radius 3 is 3.00 bits per heavy atom. The van der Waals surface area contributed by atoms with Gasteiger partial charge in [0.25, 0.3) is 0 Å². The molecule has 3 aliphatic carbocycles. The summed E-state index contributed by atoms with van der Waals surface area (Å²) < 4.78 is 14.5. The highest BCUT2D eigenvalue weighted by Gasteiger charge is 2.58. The second-order valence-corrected chi connectivity index (χ2v) is 10.1. The van der Waals surface area contributed by atoms with E-state index < -0.39 is 0 Å². The molecule has 6 nitrogen and oxygen atoms in total. The van der Waals surface area contributed by atoms with Gasteiger partial charge in [0, 0.05) is 24.2 Å². The number of aromatic nitrogens is 4. The van der Waals surface area contributed by atoms with Gasteiger partial charge in [-0.25, -0.2) is 4.39 Å². The fourth-order valence-electron chi connectivity index (χ4n) is 7.27. The predicted octanol–water partition coefficient (Wildman–Crippen LogP) is 4.87. The molecule has 3 aliphatic rings. The van der Waals surface area contributed by atoms with Gasteiger partial charge in [-0.2, -0.15) is 10.2 Å². The number of halogens is 1. The lowest BCUT2D eigenvalue weighted by atomic mass is 9.53. The van der Waals surface area contributed by atoms with E-state index in [4.69, 9.17) is 5.10 Å². The van der Waals surface area contributed by atoms with Gasteiger partial charge in [0.2, 0.25) is 5.91 Å². The molecule has 1 fully saturated rings. The summed E-state index contributed by atoms with van der Waals surface area (Å²) in [7, 11) is 0. The number of fused-ring (bicyclic) bond motifs is 7. The number of rotatable bonds is 4. The minimum absolute atomic E-state index is 0.00657. The summed E-state index contributed by atoms with van der Waals surface area (Å²) in [4.78, 5) is 12.7. The summed E-state index contributed by atoms with van der Waals surface area (Å²) in [6, 6.07) is 9.09. The van der Waals surface area contributed by atoms with Crippen molar-refractivity contribution in [1.29, 1.82) is 0 Å². The minimum Gasteiger partial charge on any atom is -0.309 e. The first kappa shape index (κ1) is 20.5. The van der Waals surface area contributed by atoms with Gasteiger partial charge in [-0.1, -0.05) is 19.1 Å². The molecule has 1 saturated carbocycles. The molecule has 1 amide bonds. The van der Waals surface area contributed by atoms with Crippen LogP contribution >= 0.6 is 0 Å². The summed E-state index contributed by atoms with van der Waals surface area (Å²) in [5.74, 6) is 1.90. The number of nitrogens with one attached hydrogen (secondary N) is 2. The molecule has 6 rings (SSSR count). The molecule has 0 saturated heterocycles. The quantitative estimate of drug-likeness (QED) is 0.600. The van der Waals surface area contributed by atoms with Crippen LogP contribution in [-0.4, -0.2) is 26.3 Å². The van der Waals surface area contributed by atoms with Gasteiger partial charge in [0.15, 0.2) is 5.82 Å². The van der Waals surface area contributed by atoms with E-state index in [1.54, 1.807) is 24.4 Å². The van der Waals surface area contributed by atoms with Gasteiger partial charge in [0.05, 0.1) is 5.69 Å². The van der Waals surface area contributed by atoms with Crippen LogP contribution in [0.1, 0.15) is 73.2 Å². The standard InChI is InChI=1S/C26H28FN5O/c1-26-12-11-16-15-4-2-5-21(27)17(15)7-8-18(16)24(26)19(20-14-29-32-25(20)26)9-10-23(33)30-22-6-3-13-28-31-22/h2-6,13-14,16,18-19,24H,7-12H2,1H3,(H,29,32)(H,30,31,33)/t16?,18?,19-,24?,26+/m1/s1. The van der Waals surface area contributed by atoms with Crippen LogP contribution in [0.2, 0.25) is 0 Å². The van der Waals surface area contributed by atoms with E-state index in [9.17, 15) is 9.18 Å². The van der Waals surface area contributed by atoms with Crippen molar-refractivity contribution in [3.8, 4) is 0 Å². The second kappa shape index (κ2) is 7.75. The Labute approximate surface area is 192 Å². The third-order valence-electron chi connectivity index (χ3n) is 8.54. The number of hydrogen-bond acceptors (Lipinski definition) is 4. The van der Waals surface area contributed by atoms with Gasteiger partial charge in [-0.15, -0.1) is 5.10 Å². The van der Waals surface area contributed by atoms with Crippen molar-refractivity contribution in [2.75, 3.05) is 5.32 Å². The van der Waals surface area contributed by atoms with Crippen molar-refractivity contribution < 1.29 is 9.18 Å². The molecule has 1 aromatic carbocycles. The molecule has 170 valence electrons. The summed E-state index contributed by atoms with van der Waals surface area (Å²) in [5.41, 5.74) is 4.56. The average molecular weight is 446 g/mol. The molecular weight excluding hydrogens is 417 g/mol. The number of anilines is 1. The predicted molar refractivity (Wildman–Crippen MR) is 122 cm³/mol. The normalized spacial score (nSPS) is 29.5. The first-order valence-electron chi connectivity index (χ1n) is 12.0. The minimum atomic E-state index is -0.0592. The zero-order valence-corrected chi connectivity index (χ0v) is 18.7. The van der Waals surface area contributed by atoms with E-state index in [-0.39, 0.29) is 23.1 Å². The van der Waals surface area contributed by atoms with Crippen LogP contribution in [0.3, 0.4) is 0 Å². The fourth-order valence-corrected chi connectivity index (χ4v) is 7.27. The van der Waals surface area contributed by atoms with Crippen LogP contribution in [0.5, 0.6) is 0 Å². The van der Waals surface area contributed by atoms with Crippen molar-refractivity contribution in [2.24, 2.45) is 11.8 Å². The van der Waals surface area contributed by atoms with Gasteiger partial charge < -0.3 is 5.32 Å². The maximum Gasteiger partial charge on any atom is 0.225 e. The highest BCUT2D eigenvalue weighted by Crippen LogP contribution is 2.64. The van der Waals surface area contributed by atoms with E-state index in [0.717, 1.165) is 37.7 Å². The van der Waals surface area contributed by atoms with Crippen LogP contribution in [0.15, 0.2) is 42.7 Å². The molecule has 2 N–H and O–H groups in total. The van der Waals surface area contributed by atoms with Crippen molar-refractivity contribution in [1.82, 2.24) is 20.4 Å². The lowest BCUT2D eigenvalue weighted by Gasteiger charge is -2.50. The third-order valence-corrected chi connectivity index (χ3v) is 8.54. The molecule has 0 radical (unpaired) electrons. The zero-order valence-electron chi connectivity index (χ0n) is 18.7. The molecule has 0 bridgehead atoms. The monoisotopic (exact) mass is 445 g/mol. The van der Waals surface area contributed by atoms with Gasteiger partial charge in [-0.05, 0) is 90.7 Å². The summed E-state index contributed by atoms with van der Waals surface area (Å²) >= 11 is 0. The smallest absolute Gasteiger partial charge is 0.225 e. The van der Waals surface area contributed by atoms with Crippen LogP contribution in [0.4, 0.5) is 10.2 Å². The van der Waals surface area contributed by atoms with Crippen molar-refractivity contribution >= 4 is 11.7 Å². The molecule has 0 aliphatic heterocycles. The molecule has 3 unspecified atom stereocenters. The molecule has 5 atom stereocenters. The number of benzene rings is 1. The lowest BCUT2D eigenvalue weighted by Crippen LogP contribution is -2.44. The van der Waals surface area contributed by atoms with Crippen molar-refractivity contribution in [3.05, 3.63) is 70.9 Å². The summed E-state index contributed by atoms with van der Waals surface area (Å²) in [5, 5.41) is 18.4. The molecule has 7 heteroatoms. The molecule has 3 aromatic rings. The SMILES string of the molecule is C[C@]12CCC3c4cccc(F)c4CCC3C1[C@H](CCC(=O)Nc1cccnn1)c1c[nH]nc12. The molecule has 2 heterocycles. The number of carbonyl (C=O) groups excluding carboxylic acids is 1. The highest BCUT2D eigenvalue weighted by molar-refractivity contribution is 5.89. The Balaban J connectivity index is 1.28. The lowest BCUT2D eigenvalue weighted by molar-refractivity contribution is -0.116. The zero-order chi connectivity index (χ0) is 22.6. The number of H-pyrrole nitrogens is 1. The van der Waals surface area contributed by atoms with E-state index in [2.05, 4.69) is 33.6 Å². The van der Waals surface area contributed by atoms with Gasteiger partial charge >= 0.3 is 0 Å². The Kier molecular flexibility index (Phi) is 4.82. The maximum atomic E-state index is 14.5. The largest absolute Gasteiger partial charge is 0.309 e. The van der Waals surface area contributed by atoms with Crippen LogP contribution in [0, 0.1) is 17.7 Å². The maximum absolute atomic E-state index is 14.5. The Morgan fingerprint density at radius 2 is 2.15 bits per heavy atom. The second-order valence-electron chi connectivity index (χ2n) is 10.1. The fraction of sp³-hybridized carbons (Fsp3) is 0.462. The molecular formula is C26H28FN5O. The Bertz CT molecular complexity index is 1190. The number of carbonyl (C=O) groups is 1. The van der Waals surface area contributed by atoms with Crippen molar-refractivity contribution in [3.63, 3.8) is 0 Å². The molecule has 33 heavy (non-hydrogen) atoms. The topological polar surface area (TPSA) is 83.6 Å². The van der Waals surface area contributed by atoms with Crippen LogP contribution in [-0.2, 0) is 16.6 Å². The van der Waals surface area contributed by atoms with E-state index in [0.29, 0.717) is 30.0 Å². The van der Waals surface area contributed by atoms with Crippen molar-refractivity contribution in [2.45, 2.75) is 62.7 Å². The number of nitrogens with zero attached hydrogens (tertiary/aromatic N) is 3.